The van der Waals surface area contributed by atoms with Gasteiger partial charge in [-0.3, -0.25) is 9.59 Å². The standard InChI is InChI=1S/C21H31N3O2/c1-5-23-10-12-24(13-11-23)20(26)16-14-15(16)19(25)22-18-9-7-6-8-17(18)21(2,3)4/h6-9,15-16H,5,10-14H2,1-4H3,(H,22,25). The summed E-state index contributed by atoms with van der Waals surface area (Å²) in [5.74, 6) is -0.179. The molecule has 2 amide bonds. The quantitative estimate of drug-likeness (QED) is 0.901. The van der Waals surface area contributed by atoms with Gasteiger partial charge in [0.1, 0.15) is 0 Å². The molecule has 1 saturated carbocycles. The van der Waals surface area contributed by atoms with Gasteiger partial charge in [-0.1, -0.05) is 45.9 Å². The first-order valence-electron chi connectivity index (χ1n) is 9.72. The fourth-order valence-corrected chi connectivity index (χ4v) is 3.75. The minimum absolute atomic E-state index is 0.0211. The molecule has 1 aliphatic heterocycles. The number of nitrogens with one attached hydrogen (secondary N) is 1. The van der Waals surface area contributed by atoms with Crippen LogP contribution in [0.25, 0.3) is 0 Å². The third-order valence-electron chi connectivity index (χ3n) is 5.57. The van der Waals surface area contributed by atoms with Crippen molar-refractivity contribution in [2.75, 3.05) is 38.0 Å². The third kappa shape index (κ3) is 4.09. The number of hydrogen-bond donors (Lipinski definition) is 1. The maximum Gasteiger partial charge on any atom is 0.228 e. The van der Waals surface area contributed by atoms with Gasteiger partial charge in [0.15, 0.2) is 0 Å². The van der Waals surface area contributed by atoms with E-state index >= 15 is 0 Å². The molecule has 0 aromatic heterocycles. The van der Waals surface area contributed by atoms with Gasteiger partial charge in [-0.15, -0.1) is 0 Å². The number of likely N-dealkylation sites (N-methyl/N-ethyl adjacent to an activating group) is 1. The van der Waals surface area contributed by atoms with Crippen molar-refractivity contribution in [1.82, 2.24) is 9.80 Å². The molecule has 2 unspecified atom stereocenters. The van der Waals surface area contributed by atoms with Crippen LogP contribution in [0, 0.1) is 11.8 Å². The van der Waals surface area contributed by atoms with Crippen molar-refractivity contribution in [2.45, 2.75) is 39.5 Å². The van der Waals surface area contributed by atoms with Gasteiger partial charge >= 0.3 is 0 Å². The molecule has 1 aromatic carbocycles. The molecule has 1 aliphatic carbocycles. The molecule has 0 spiro atoms. The highest BCUT2D eigenvalue weighted by molar-refractivity contribution is 6.00. The second-order valence-electron chi connectivity index (χ2n) is 8.49. The van der Waals surface area contributed by atoms with Crippen molar-refractivity contribution in [2.24, 2.45) is 11.8 Å². The van der Waals surface area contributed by atoms with E-state index in [9.17, 15) is 9.59 Å². The Labute approximate surface area is 156 Å². The largest absolute Gasteiger partial charge is 0.340 e. The predicted octanol–water partition coefficient (Wildman–Crippen LogP) is 2.72. The molecule has 0 bridgehead atoms. The number of hydrogen-bond acceptors (Lipinski definition) is 3. The van der Waals surface area contributed by atoms with Gasteiger partial charge in [-0.05, 0) is 30.0 Å². The molecule has 26 heavy (non-hydrogen) atoms. The molecule has 2 aliphatic rings. The average Bonchev–Trinajstić information content (AvgIpc) is 3.41. The number of nitrogens with zero attached hydrogens (tertiary/aromatic N) is 2. The first-order valence-corrected chi connectivity index (χ1v) is 9.72. The molecule has 1 N–H and O–H groups in total. The summed E-state index contributed by atoms with van der Waals surface area (Å²) < 4.78 is 0. The zero-order valence-electron chi connectivity index (χ0n) is 16.4. The zero-order chi connectivity index (χ0) is 18.9. The second kappa shape index (κ2) is 7.39. The van der Waals surface area contributed by atoms with E-state index in [1.165, 1.54) is 0 Å². The minimum Gasteiger partial charge on any atom is -0.340 e. The smallest absolute Gasteiger partial charge is 0.228 e. The number of amides is 2. The normalized spacial score (nSPS) is 23.6. The molecule has 1 saturated heterocycles. The molecule has 5 nitrogen and oxygen atoms in total. The van der Waals surface area contributed by atoms with Crippen molar-refractivity contribution < 1.29 is 9.59 Å². The molecule has 2 fully saturated rings. The number of benzene rings is 1. The summed E-state index contributed by atoms with van der Waals surface area (Å²) in [6.07, 6.45) is 0.677. The van der Waals surface area contributed by atoms with Crippen LogP contribution in [0.5, 0.6) is 0 Å². The van der Waals surface area contributed by atoms with E-state index in [1.54, 1.807) is 0 Å². The summed E-state index contributed by atoms with van der Waals surface area (Å²) in [6, 6.07) is 7.93. The summed E-state index contributed by atoms with van der Waals surface area (Å²) in [4.78, 5) is 29.6. The molecular weight excluding hydrogens is 326 g/mol. The summed E-state index contributed by atoms with van der Waals surface area (Å²) in [6.45, 7) is 13.0. The van der Waals surface area contributed by atoms with Crippen LogP contribution in [0.2, 0.25) is 0 Å². The lowest BCUT2D eigenvalue weighted by Crippen LogP contribution is -2.49. The molecule has 0 radical (unpaired) electrons. The Morgan fingerprint density at radius 3 is 2.35 bits per heavy atom. The van der Waals surface area contributed by atoms with Gasteiger partial charge in [0.2, 0.25) is 11.8 Å². The monoisotopic (exact) mass is 357 g/mol. The van der Waals surface area contributed by atoms with Crippen molar-refractivity contribution in [3.63, 3.8) is 0 Å². The van der Waals surface area contributed by atoms with E-state index in [-0.39, 0.29) is 29.1 Å². The summed E-state index contributed by atoms with van der Waals surface area (Å²) in [5.41, 5.74) is 1.94. The van der Waals surface area contributed by atoms with Gasteiger partial charge in [-0.2, -0.15) is 0 Å². The highest BCUT2D eigenvalue weighted by atomic mass is 16.2. The Bertz CT molecular complexity index is 672. The fraction of sp³-hybridized carbons (Fsp3) is 0.619. The van der Waals surface area contributed by atoms with Crippen molar-refractivity contribution >= 4 is 17.5 Å². The van der Waals surface area contributed by atoms with Crippen molar-refractivity contribution in [1.29, 1.82) is 0 Å². The van der Waals surface area contributed by atoms with Crippen LogP contribution in [-0.4, -0.2) is 54.3 Å². The van der Waals surface area contributed by atoms with Gasteiger partial charge in [0.25, 0.3) is 0 Å². The first-order chi connectivity index (χ1) is 12.3. The summed E-state index contributed by atoms with van der Waals surface area (Å²) in [7, 11) is 0. The predicted molar refractivity (Wildman–Crippen MR) is 104 cm³/mol. The maximum atomic E-state index is 12.7. The molecular formula is C21H31N3O2. The van der Waals surface area contributed by atoms with E-state index < -0.39 is 0 Å². The van der Waals surface area contributed by atoms with E-state index in [2.05, 4.69) is 44.0 Å². The maximum absolute atomic E-state index is 12.7. The lowest BCUT2D eigenvalue weighted by molar-refractivity contribution is -0.135. The molecule has 1 aromatic rings. The Balaban J connectivity index is 1.58. The first kappa shape index (κ1) is 18.9. The van der Waals surface area contributed by atoms with E-state index in [4.69, 9.17) is 0 Å². The minimum atomic E-state index is -0.181. The highest BCUT2D eigenvalue weighted by Gasteiger charge is 2.49. The molecule has 142 valence electrons. The lowest BCUT2D eigenvalue weighted by atomic mass is 9.86. The summed E-state index contributed by atoms with van der Waals surface area (Å²) in [5, 5.41) is 3.07. The fourth-order valence-electron chi connectivity index (χ4n) is 3.75. The van der Waals surface area contributed by atoms with Crippen molar-refractivity contribution in [3.05, 3.63) is 29.8 Å². The van der Waals surface area contributed by atoms with Crippen LogP contribution in [0.3, 0.4) is 0 Å². The molecule has 3 rings (SSSR count). The topological polar surface area (TPSA) is 52.7 Å². The number of para-hydroxylation sites is 1. The van der Waals surface area contributed by atoms with Crippen LogP contribution in [0.15, 0.2) is 24.3 Å². The molecule has 5 heteroatoms. The summed E-state index contributed by atoms with van der Waals surface area (Å²) >= 11 is 0. The number of rotatable bonds is 4. The third-order valence-corrected chi connectivity index (χ3v) is 5.57. The van der Waals surface area contributed by atoms with Crippen LogP contribution in [-0.2, 0) is 15.0 Å². The van der Waals surface area contributed by atoms with Gasteiger partial charge < -0.3 is 15.1 Å². The Morgan fingerprint density at radius 2 is 1.73 bits per heavy atom. The van der Waals surface area contributed by atoms with Gasteiger partial charge in [-0.25, -0.2) is 0 Å². The van der Waals surface area contributed by atoms with Gasteiger partial charge in [0.05, 0.1) is 11.8 Å². The average molecular weight is 357 g/mol. The van der Waals surface area contributed by atoms with E-state index in [1.807, 2.05) is 23.1 Å². The number of carbonyl (C=O) groups is 2. The highest BCUT2D eigenvalue weighted by Crippen LogP contribution is 2.41. The van der Waals surface area contributed by atoms with Gasteiger partial charge in [0, 0.05) is 31.9 Å². The SMILES string of the molecule is CCN1CCN(C(=O)C2CC2C(=O)Nc2ccccc2C(C)(C)C)CC1. The Hall–Kier alpha value is -1.88. The van der Waals surface area contributed by atoms with E-state index in [0.29, 0.717) is 6.42 Å². The Morgan fingerprint density at radius 1 is 1.08 bits per heavy atom. The number of anilines is 1. The second-order valence-corrected chi connectivity index (χ2v) is 8.49. The van der Waals surface area contributed by atoms with E-state index in [0.717, 1.165) is 44.0 Å². The molecule has 1 heterocycles. The van der Waals surface area contributed by atoms with Crippen LogP contribution >= 0.6 is 0 Å². The Kier molecular flexibility index (Phi) is 5.37. The number of piperazine rings is 1. The zero-order valence-corrected chi connectivity index (χ0v) is 16.4. The van der Waals surface area contributed by atoms with Crippen LogP contribution < -0.4 is 5.32 Å². The van der Waals surface area contributed by atoms with Crippen LogP contribution in [0.1, 0.15) is 39.7 Å². The molecule has 2 atom stereocenters. The van der Waals surface area contributed by atoms with Crippen LogP contribution in [0.4, 0.5) is 5.69 Å². The number of carbonyl (C=O) groups excluding carboxylic acids is 2. The van der Waals surface area contributed by atoms with Crippen molar-refractivity contribution in [3.8, 4) is 0 Å². The lowest BCUT2D eigenvalue weighted by Gasteiger charge is -2.34.